The van der Waals surface area contributed by atoms with Crippen LogP contribution in [0.2, 0.25) is 0 Å². The third-order valence-electron chi connectivity index (χ3n) is 2.66. The van der Waals surface area contributed by atoms with Crippen molar-refractivity contribution in [1.82, 2.24) is 0 Å². The van der Waals surface area contributed by atoms with E-state index >= 15 is 0 Å². The van der Waals surface area contributed by atoms with Crippen molar-refractivity contribution < 1.29 is 0 Å². The Morgan fingerprint density at radius 1 is 1.11 bits per heavy atom. The van der Waals surface area contributed by atoms with Gasteiger partial charge in [0.15, 0.2) is 5.92 Å². The van der Waals surface area contributed by atoms with Gasteiger partial charge in [-0.3, -0.25) is 0 Å². The molecule has 0 fully saturated rings. The van der Waals surface area contributed by atoms with Crippen molar-refractivity contribution in [2.24, 2.45) is 11.8 Å². The Kier molecular flexibility index (Phi) is 4.61. The van der Waals surface area contributed by atoms with Crippen molar-refractivity contribution in [2.45, 2.75) is 13.3 Å². The second-order valence-electron chi connectivity index (χ2n) is 4.02. The highest BCUT2D eigenvalue weighted by Gasteiger charge is 2.23. The van der Waals surface area contributed by atoms with E-state index in [2.05, 4.69) is 0 Å². The molecule has 0 unspecified atom stereocenters. The molecule has 0 saturated heterocycles. The van der Waals surface area contributed by atoms with Gasteiger partial charge in [0, 0.05) is 0 Å². The molecule has 0 spiro atoms. The molecule has 18 heavy (non-hydrogen) atoms. The van der Waals surface area contributed by atoms with Gasteiger partial charge in [0.05, 0.1) is 29.8 Å². The number of hydrogen-bond donors (Lipinski definition) is 1. The lowest BCUT2D eigenvalue weighted by atomic mass is 9.89. The van der Waals surface area contributed by atoms with E-state index in [1.165, 1.54) is 0 Å². The summed E-state index contributed by atoms with van der Waals surface area (Å²) in [6, 6.07) is 13.1. The third-order valence-corrected chi connectivity index (χ3v) is 2.66. The fourth-order valence-corrected chi connectivity index (χ4v) is 1.55. The van der Waals surface area contributed by atoms with Gasteiger partial charge in [0.2, 0.25) is 0 Å². The monoisotopic (exact) mass is 236 g/mol. The molecular weight excluding hydrogens is 224 g/mol. The van der Waals surface area contributed by atoms with E-state index < -0.39 is 11.8 Å². The van der Waals surface area contributed by atoms with Gasteiger partial charge in [0.25, 0.3) is 0 Å². The van der Waals surface area contributed by atoms with Crippen LogP contribution in [-0.4, -0.2) is 5.71 Å². The summed E-state index contributed by atoms with van der Waals surface area (Å²) in [7, 11) is 0. The fraction of sp³-hybridized carbons (Fsp3) is 0.286. The first-order chi connectivity index (χ1) is 8.62. The number of nitrogens with one attached hydrogen (secondary N) is 1. The zero-order valence-corrected chi connectivity index (χ0v) is 10.0. The van der Waals surface area contributed by atoms with Gasteiger partial charge >= 0.3 is 0 Å². The second-order valence-corrected chi connectivity index (χ2v) is 4.02. The molecule has 88 valence electrons. The molecule has 0 aliphatic carbocycles. The van der Waals surface area contributed by atoms with Crippen molar-refractivity contribution in [3.63, 3.8) is 0 Å². The lowest BCUT2D eigenvalue weighted by Crippen LogP contribution is -2.21. The maximum Gasteiger partial charge on any atom is 0.171 e. The largest absolute Gasteiger partial charge is 0.306 e. The summed E-state index contributed by atoms with van der Waals surface area (Å²) < 4.78 is 0. The summed E-state index contributed by atoms with van der Waals surface area (Å²) in [5.41, 5.74) is 1.92. The molecular formula is C14H12N4. The van der Waals surface area contributed by atoms with Gasteiger partial charge in [-0.2, -0.15) is 15.8 Å². The van der Waals surface area contributed by atoms with Crippen molar-refractivity contribution in [2.75, 3.05) is 0 Å². The van der Waals surface area contributed by atoms with Crippen LogP contribution in [0.1, 0.15) is 11.1 Å². The van der Waals surface area contributed by atoms with Crippen LogP contribution in [0.4, 0.5) is 0 Å². The Hall–Kier alpha value is -2.64. The maximum atomic E-state index is 9.04. The maximum absolute atomic E-state index is 9.04. The van der Waals surface area contributed by atoms with Crippen LogP contribution in [0, 0.1) is 58.2 Å². The summed E-state index contributed by atoms with van der Waals surface area (Å²) >= 11 is 0. The van der Waals surface area contributed by atoms with E-state index in [0.717, 1.165) is 11.1 Å². The van der Waals surface area contributed by atoms with Crippen molar-refractivity contribution in [3.05, 3.63) is 35.4 Å². The fourth-order valence-electron chi connectivity index (χ4n) is 1.55. The van der Waals surface area contributed by atoms with Crippen molar-refractivity contribution in [1.29, 1.82) is 21.2 Å². The molecule has 0 aliphatic heterocycles. The summed E-state index contributed by atoms with van der Waals surface area (Å²) in [6.07, 6.45) is 0.357. The number of aryl methyl sites for hydroxylation is 1. The number of nitrogens with zero attached hydrogens (tertiary/aromatic N) is 3. The molecule has 0 radical (unpaired) electrons. The highest BCUT2D eigenvalue weighted by Crippen LogP contribution is 2.14. The summed E-state index contributed by atoms with van der Waals surface area (Å²) in [4.78, 5) is 0. The minimum Gasteiger partial charge on any atom is -0.306 e. The van der Waals surface area contributed by atoms with Gasteiger partial charge < -0.3 is 5.41 Å². The molecule has 0 aromatic heterocycles. The number of benzene rings is 1. The SMILES string of the molecule is Cc1ccc(C[C@H](C#N)C(=N)C(C#N)C#N)cc1. The Morgan fingerprint density at radius 3 is 2.11 bits per heavy atom. The molecule has 1 aromatic carbocycles. The van der Waals surface area contributed by atoms with Gasteiger partial charge in [-0.1, -0.05) is 29.8 Å². The minimum atomic E-state index is -1.14. The van der Waals surface area contributed by atoms with E-state index in [-0.39, 0.29) is 5.71 Å². The number of rotatable bonds is 4. The smallest absolute Gasteiger partial charge is 0.171 e. The van der Waals surface area contributed by atoms with Crippen LogP contribution in [0.25, 0.3) is 0 Å². The molecule has 1 N–H and O–H groups in total. The molecule has 0 amide bonds. The summed E-state index contributed by atoms with van der Waals surface area (Å²) in [5, 5.41) is 34.2. The Bertz CT molecular complexity index is 537. The predicted molar refractivity (Wildman–Crippen MR) is 66.4 cm³/mol. The predicted octanol–water partition coefficient (Wildman–Crippen LogP) is 2.36. The first-order valence-electron chi connectivity index (χ1n) is 5.45. The minimum absolute atomic E-state index is 0.122. The van der Waals surface area contributed by atoms with Crippen LogP contribution < -0.4 is 0 Å². The molecule has 0 aliphatic rings. The highest BCUT2D eigenvalue weighted by atomic mass is 14.5. The quantitative estimate of drug-likeness (QED) is 0.813. The Balaban J connectivity index is 2.84. The number of hydrogen-bond acceptors (Lipinski definition) is 4. The van der Waals surface area contributed by atoms with E-state index in [1.54, 1.807) is 12.1 Å². The van der Waals surface area contributed by atoms with E-state index in [1.807, 2.05) is 37.3 Å². The highest BCUT2D eigenvalue weighted by molar-refractivity contribution is 5.92. The molecule has 0 heterocycles. The van der Waals surface area contributed by atoms with Crippen LogP contribution in [0.15, 0.2) is 24.3 Å². The van der Waals surface area contributed by atoms with Crippen molar-refractivity contribution >= 4 is 5.71 Å². The third kappa shape index (κ3) is 3.17. The molecule has 0 bridgehead atoms. The van der Waals surface area contributed by atoms with Crippen molar-refractivity contribution in [3.8, 4) is 18.2 Å². The first kappa shape index (κ1) is 13.4. The summed E-state index contributed by atoms with van der Waals surface area (Å²) in [6.45, 7) is 1.97. The molecule has 1 atom stereocenters. The van der Waals surface area contributed by atoms with E-state index in [4.69, 9.17) is 21.2 Å². The van der Waals surface area contributed by atoms with Crippen LogP contribution >= 0.6 is 0 Å². The van der Waals surface area contributed by atoms with Crippen LogP contribution in [0.3, 0.4) is 0 Å². The summed E-state index contributed by atoms with van der Waals surface area (Å²) in [5.74, 6) is -1.86. The molecule has 1 aromatic rings. The average molecular weight is 236 g/mol. The second kappa shape index (κ2) is 6.18. The lowest BCUT2D eigenvalue weighted by Gasteiger charge is -2.11. The van der Waals surface area contributed by atoms with Crippen LogP contribution in [-0.2, 0) is 6.42 Å². The molecule has 4 nitrogen and oxygen atoms in total. The van der Waals surface area contributed by atoms with Gasteiger partial charge in [0.1, 0.15) is 0 Å². The lowest BCUT2D eigenvalue weighted by molar-refractivity contribution is 0.821. The Labute approximate surface area is 106 Å². The van der Waals surface area contributed by atoms with Gasteiger partial charge in [-0.15, -0.1) is 0 Å². The topological polar surface area (TPSA) is 95.2 Å². The first-order valence-corrected chi connectivity index (χ1v) is 5.45. The zero-order valence-electron chi connectivity index (χ0n) is 10.0. The molecule has 4 heteroatoms. The standard InChI is InChI=1S/C14H12N4/c1-10-2-4-11(5-3-10)6-12(7-15)14(18)13(8-16)9-17/h2-5,12-13,18H,6H2,1H3/t12-/m1/s1. The van der Waals surface area contributed by atoms with E-state index in [9.17, 15) is 0 Å². The molecule has 0 saturated carbocycles. The zero-order chi connectivity index (χ0) is 13.5. The number of nitriles is 3. The normalized spacial score (nSPS) is 11.1. The van der Waals surface area contributed by atoms with Crippen LogP contribution in [0.5, 0.6) is 0 Å². The molecule has 1 rings (SSSR count). The van der Waals surface area contributed by atoms with Gasteiger partial charge in [-0.25, -0.2) is 0 Å². The van der Waals surface area contributed by atoms with Gasteiger partial charge in [-0.05, 0) is 18.9 Å². The average Bonchev–Trinajstić information content (AvgIpc) is 2.39. The Morgan fingerprint density at radius 2 is 1.67 bits per heavy atom. The van der Waals surface area contributed by atoms with E-state index in [0.29, 0.717) is 6.42 Å².